The van der Waals surface area contributed by atoms with Crippen molar-refractivity contribution >= 4 is 23.6 Å². The minimum absolute atomic E-state index is 0.194. The van der Waals surface area contributed by atoms with Crippen molar-refractivity contribution in [3.05, 3.63) is 59.7 Å². The van der Waals surface area contributed by atoms with E-state index in [0.717, 1.165) is 36.5 Å². The number of carbonyl (C=O) groups is 2. The molecule has 7 nitrogen and oxygen atoms in total. The second-order valence-corrected chi connectivity index (χ2v) is 7.81. The van der Waals surface area contributed by atoms with E-state index in [1.165, 1.54) is 16.7 Å². The number of amides is 2. The molecule has 2 amide bonds. The van der Waals surface area contributed by atoms with Crippen molar-refractivity contribution in [2.24, 2.45) is 0 Å². The molecule has 0 unspecified atom stereocenters. The Bertz CT molecular complexity index is 1040. The first-order valence-electron chi connectivity index (χ1n) is 9.79. The summed E-state index contributed by atoms with van der Waals surface area (Å²) in [6.07, 6.45) is 2.00. The predicted molar refractivity (Wildman–Crippen MR) is 115 cm³/mol. The lowest BCUT2D eigenvalue weighted by atomic mass is 10.1. The van der Waals surface area contributed by atoms with Gasteiger partial charge in [-0.3, -0.25) is 14.5 Å². The zero-order valence-corrected chi connectivity index (χ0v) is 17.7. The van der Waals surface area contributed by atoms with Crippen LogP contribution >= 0.6 is 11.8 Å². The second kappa shape index (κ2) is 8.71. The molecule has 0 bridgehead atoms. The quantitative estimate of drug-likeness (QED) is 0.402. The lowest BCUT2D eigenvalue weighted by Crippen LogP contribution is -2.29. The molecule has 2 heterocycles. The van der Waals surface area contributed by atoms with E-state index in [0.29, 0.717) is 16.3 Å². The Balaban J connectivity index is 1.56. The van der Waals surface area contributed by atoms with Crippen molar-refractivity contribution in [2.75, 3.05) is 13.0 Å². The summed E-state index contributed by atoms with van der Waals surface area (Å²) >= 11 is 1.34. The van der Waals surface area contributed by atoms with Gasteiger partial charge in [-0.15, -0.1) is 10.2 Å². The molecule has 2 aromatic carbocycles. The van der Waals surface area contributed by atoms with Crippen molar-refractivity contribution in [3.63, 3.8) is 0 Å². The van der Waals surface area contributed by atoms with Crippen LogP contribution < -0.4 is 4.74 Å². The van der Waals surface area contributed by atoms with E-state index in [1.54, 1.807) is 31.4 Å². The SMILES string of the molecule is CCCCn1c(SCN2C(=O)c3ccccc3C2=O)nnc1-c1ccc(OC)cc1. The standard InChI is InChI=1S/C22H22N4O3S/c1-3-4-13-25-19(15-9-11-16(29-2)12-10-15)23-24-22(25)30-14-26-20(27)17-7-5-6-8-18(17)21(26)28/h5-12H,3-4,13-14H2,1-2H3. The maximum absolute atomic E-state index is 12.6. The van der Waals surface area contributed by atoms with Crippen LogP contribution in [0.1, 0.15) is 40.5 Å². The normalized spacial score (nSPS) is 13.1. The third-order valence-electron chi connectivity index (χ3n) is 5.00. The summed E-state index contributed by atoms with van der Waals surface area (Å²) in [6, 6.07) is 14.6. The van der Waals surface area contributed by atoms with Gasteiger partial charge < -0.3 is 9.30 Å². The molecule has 1 aliphatic heterocycles. The Morgan fingerprint density at radius 3 is 2.23 bits per heavy atom. The van der Waals surface area contributed by atoms with Gasteiger partial charge in [0.1, 0.15) is 5.75 Å². The molecule has 1 aromatic heterocycles. The smallest absolute Gasteiger partial charge is 0.262 e. The highest BCUT2D eigenvalue weighted by atomic mass is 32.2. The number of benzene rings is 2. The van der Waals surface area contributed by atoms with Crippen LogP contribution in [-0.2, 0) is 6.54 Å². The van der Waals surface area contributed by atoms with Crippen LogP contribution in [-0.4, -0.2) is 44.5 Å². The van der Waals surface area contributed by atoms with E-state index < -0.39 is 0 Å². The highest BCUT2D eigenvalue weighted by Crippen LogP contribution is 2.29. The molecule has 1 aliphatic rings. The number of hydrogen-bond acceptors (Lipinski definition) is 6. The van der Waals surface area contributed by atoms with Gasteiger partial charge in [0, 0.05) is 12.1 Å². The summed E-state index contributed by atoms with van der Waals surface area (Å²) in [5, 5.41) is 9.41. The summed E-state index contributed by atoms with van der Waals surface area (Å²) in [6.45, 7) is 2.89. The van der Waals surface area contributed by atoms with E-state index in [4.69, 9.17) is 4.74 Å². The Kier molecular flexibility index (Phi) is 5.85. The Labute approximate surface area is 179 Å². The number of unbranched alkanes of at least 4 members (excludes halogenated alkanes) is 1. The fourth-order valence-electron chi connectivity index (χ4n) is 3.35. The summed E-state index contributed by atoms with van der Waals surface area (Å²) in [7, 11) is 1.63. The van der Waals surface area contributed by atoms with Gasteiger partial charge in [-0.25, -0.2) is 0 Å². The number of imide groups is 1. The van der Waals surface area contributed by atoms with E-state index >= 15 is 0 Å². The number of nitrogens with zero attached hydrogens (tertiary/aromatic N) is 4. The fraction of sp³-hybridized carbons (Fsp3) is 0.273. The Morgan fingerprint density at radius 2 is 1.63 bits per heavy atom. The average Bonchev–Trinajstić information content (AvgIpc) is 3.30. The average molecular weight is 423 g/mol. The minimum atomic E-state index is -0.266. The van der Waals surface area contributed by atoms with Gasteiger partial charge in [0.2, 0.25) is 0 Å². The second-order valence-electron chi connectivity index (χ2n) is 6.90. The summed E-state index contributed by atoms with van der Waals surface area (Å²) in [4.78, 5) is 26.5. The van der Waals surface area contributed by atoms with Crippen LogP contribution in [0, 0.1) is 0 Å². The van der Waals surface area contributed by atoms with Crippen LogP contribution in [0.4, 0.5) is 0 Å². The maximum Gasteiger partial charge on any atom is 0.262 e. The predicted octanol–water partition coefficient (Wildman–Crippen LogP) is 4.10. The van der Waals surface area contributed by atoms with Crippen LogP contribution in [0.15, 0.2) is 53.7 Å². The van der Waals surface area contributed by atoms with Gasteiger partial charge in [0.25, 0.3) is 11.8 Å². The molecular weight excluding hydrogens is 400 g/mol. The molecule has 3 aromatic rings. The van der Waals surface area contributed by atoms with E-state index in [2.05, 4.69) is 17.1 Å². The minimum Gasteiger partial charge on any atom is -0.497 e. The first kappa shape index (κ1) is 20.2. The van der Waals surface area contributed by atoms with E-state index in [9.17, 15) is 9.59 Å². The summed E-state index contributed by atoms with van der Waals surface area (Å²) in [5.74, 6) is 1.20. The Hall–Kier alpha value is -3.13. The van der Waals surface area contributed by atoms with Crippen LogP contribution in [0.2, 0.25) is 0 Å². The number of carbonyl (C=O) groups excluding carboxylic acids is 2. The molecule has 4 rings (SSSR count). The fourth-order valence-corrected chi connectivity index (χ4v) is 4.26. The number of ether oxygens (including phenoxy) is 1. The van der Waals surface area contributed by atoms with E-state index in [-0.39, 0.29) is 17.7 Å². The molecule has 0 fully saturated rings. The highest BCUT2D eigenvalue weighted by Gasteiger charge is 2.35. The number of hydrogen-bond donors (Lipinski definition) is 0. The first-order valence-corrected chi connectivity index (χ1v) is 10.8. The topological polar surface area (TPSA) is 77.3 Å². The van der Waals surface area contributed by atoms with Crippen molar-refractivity contribution in [1.82, 2.24) is 19.7 Å². The van der Waals surface area contributed by atoms with Crippen molar-refractivity contribution in [3.8, 4) is 17.1 Å². The van der Waals surface area contributed by atoms with Gasteiger partial charge in [-0.05, 0) is 42.8 Å². The molecule has 0 atom stereocenters. The molecule has 0 radical (unpaired) electrons. The van der Waals surface area contributed by atoms with Crippen molar-refractivity contribution in [1.29, 1.82) is 0 Å². The zero-order valence-electron chi connectivity index (χ0n) is 16.9. The van der Waals surface area contributed by atoms with E-state index in [1.807, 2.05) is 28.8 Å². The van der Waals surface area contributed by atoms with Crippen molar-refractivity contribution < 1.29 is 14.3 Å². The lowest BCUT2D eigenvalue weighted by Gasteiger charge is -2.14. The molecule has 0 saturated carbocycles. The van der Waals surface area contributed by atoms with Crippen molar-refractivity contribution in [2.45, 2.75) is 31.5 Å². The number of rotatable bonds is 8. The van der Waals surface area contributed by atoms with Gasteiger partial charge >= 0.3 is 0 Å². The van der Waals surface area contributed by atoms with Gasteiger partial charge in [-0.2, -0.15) is 0 Å². The summed E-state index contributed by atoms with van der Waals surface area (Å²) < 4.78 is 7.28. The monoisotopic (exact) mass is 422 g/mol. The number of thioether (sulfide) groups is 1. The van der Waals surface area contributed by atoms with Gasteiger partial charge in [0.05, 0.1) is 24.1 Å². The molecular formula is C22H22N4O3S. The first-order chi connectivity index (χ1) is 14.6. The summed E-state index contributed by atoms with van der Waals surface area (Å²) in [5.41, 5.74) is 1.84. The third kappa shape index (κ3) is 3.70. The molecule has 154 valence electrons. The Morgan fingerprint density at radius 1 is 0.967 bits per heavy atom. The zero-order chi connectivity index (χ0) is 21.1. The van der Waals surface area contributed by atoms with Gasteiger partial charge in [0.15, 0.2) is 11.0 Å². The largest absolute Gasteiger partial charge is 0.497 e. The molecule has 0 saturated heterocycles. The van der Waals surface area contributed by atoms with Crippen LogP contribution in [0.25, 0.3) is 11.4 Å². The van der Waals surface area contributed by atoms with Crippen LogP contribution in [0.5, 0.6) is 5.75 Å². The maximum atomic E-state index is 12.6. The number of methoxy groups -OCH3 is 1. The number of aromatic nitrogens is 3. The molecule has 8 heteroatoms. The van der Waals surface area contributed by atoms with Crippen LogP contribution in [0.3, 0.4) is 0 Å². The highest BCUT2D eigenvalue weighted by molar-refractivity contribution is 7.99. The molecule has 0 spiro atoms. The molecule has 0 aliphatic carbocycles. The molecule has 30 heavy (non-hydrogen) atoms. The molecule has 0 N–H and O–H groups in total. The third-order valence-corrected chi connectivity index (χ3v) is 5.95. The lowest BCUT2D eigenvalue weighted by molar-refractivity contribution is 0.0684. The number of fused-ring (bicyclic) bond motifs is 1. The van der Waals surface area contributed by atoms with Gasteiger partial charge in [-0.1, -0.05) is 37.2 Å².